The molecule has 94 valence electrons. The molecule has 0 aliphatic carbocycles. The van der Waals surface area contributed by atoms with Crippen molar-refractivity contribution in [2.45, 2.75) is 26.4 Å². The molecule has 0 heterocycles. The lowest BCUT2D eigenvalue weighted by atomic mass is 10.2. The molecule has 1 rings (SSSR count). The van der Waals surface area contributed by atoms with Crippen molar-refractivity contribution in [3.63, 3.8) is 0 Å². The number of phenolic OH excluding ortho intramolecular Hbond substituents is 1. The molecular formula is C11H13Cl2NO3. The molecule has 0 saturated heterocycles. The topological polar surface area (TPSA) is 58.6 Å². The Morgan fingerprint density at radius 2 is 1.82 bits per heavy atom. The summed E-state index contributed by atoms with van der Waals surface area (Å²) in [6.07, 6.45) is -0.675. The second-order valence-corrected chi connectivity index (χ2v) is 5.22. The smallest absolute Gasteiger partial charge is 0.412 e. The SMILES string of the molecule is CC(C)(C)OC(=O)Nc1cc(Cl)c(Cl)cc1O. The number of anilines is 1. The van der Waals surface area contributed by atoms with Crippen LogP contribution in [0, 0.1) is 0 Å². The zero-order valence-corrected chi connectivity index (χ0v) is 11.2. The highest BCUT2D eigenvalue weighted by molar-refractivity contribution is 6.42. The highest BCUT2D eigenvalue weighted by atomic mass is 35.5. The number of benzene rings is 1. The molecule has 0 radical (unpaired) electrons. The van der Waals surface area contributed by atoms with Crippen LogP contribution in [0.3, 0.4) is 0 Å². The molecule has 1 aromatic carbocycles. The molecule has 0 bridgehead atoms. The summed E-state index contributed by atoms with van der Waals surface area (Å²) in [5, 5.41) is 12.4. The number of carbonyl (C=O) groups is 1. The molecular weight excluding hydrogens is 265 g/mol. The van der Waals surface area contributed by atoms with Crippen LogP contribution in [0.2, 0.25) is 10.0 Å². The number of phenols is 1. The molecule has 17 heavy (non-hydrogen) atoms. The average molecular weight is 278 g/mol. The summed E-state index contributed by atoms with van der Waals surface area (Å²) in [5.41, 5.74) is -0.468. The van der Waals surface area contributed by atoms with Gasteiger partial charge in [-0.1, -0.05) is 23.2 Å². The third kappa shape index (κ3) is 4.32. The van der Waals surface area contributed by atoms with Crippen molar-refractivity contribution in [1.29, 1.82) is 0 Å². The third-order valence-electron chi connectivity index (χ3n) is 1.67. The molecule has 0 unspecified atom stereocenters. The van der Waals surface area contributed by atoms with Gasteiger partial charge in [-0.15, -0.1) is 0 Å². The van der Waals surface area contributed by atoms with Gasteiger partial charge < -0.3 is 9.84 Å². The van der Waals surface area contributed by atoms with Gasteiger partial charge in [0.1, 0.15) is 11.4 Å². The Morgan fingerprint density at radius 3 is 2.35 bits per heavy atom. The molecule has 6 heteroatoms. The number of carbonyl (C=O) groups excluding carboxylic acids is 1. The van der Waals surface area contributed by atoms with Gasteiger partial charge in [0.15, 0.2) is 0 Å². The minimum absolute atomic E-state index is 0.147. The minimum Gasteiger partial charge on any atom is -0.506 e. The monoisotopic (exact) mass is 277 g/mol. The molecule has 0 spiro atoms. The van der Waals surface area contributed by atoms with Crippen LogP contribution < -0.4 is 5.32 Å². The van der Waals surface area contributed by atoms with Crippen LogP contribution in [0.4, 0.5) is 10.5 Å². The number of aromatic hydroxyl groups is 1. The number of hydrogen-bond acceptors (Lipinski definition) is 3. The van der Waals surface area contributed by atoms with E-state index in [1.807, 2.05) is 0 Å². The average Bonchev–Trinajstić information content (AvgIpc) is 2.11. The molecule has 0 aromatic heterocycles. The van der Waals surface area contributed by atoms with Crippen molar-refractivity contribution in [2.24, 2.45) is 0 Å². The predicted molar refractivity (Wildman–Crippen MR) is 68.0 cm³/mol. The van der Waals surface area contributed by atoms with Crippen molar-refractivity contribution < 1.29 is 14.6 Å². The van der Waals surface area contributed by atoms with E-state index < -0.39 is 11.7 Å². The van der Waals surface area contributed by atoms with Gasteiger partial charge in [-0.05, 0) is 26.8 Å². The molecule has 2 N–H and O–H groups in total. The third-order valence-corrected chi connectivity index (χ3v) is 2.40. The van der Waals surface area contributed by atoms with Crippen molar-refractivity contribution in [3.05, 3.63) is 22.2 Å². The number of amides is 1. The maximum Gasteiger partial charge on any atom is 0.412 e. The second kappa shape index (κ2) is 5.02. The summed E-state index contributed by atoms with van der Waals surface area (Å²) < 4.78 is 5.03. The van der Waals surface area contributed by atoms with Crippen LogP contribution >= 0.6 is 23.2 Å². The summed E-state index contributed by atoms with van der Waals surface area (Å²) in [4.78, 5) is 11.5. The van der Waals surface area contributed by atoms with E-state index >= 15 is 0 Å². The van der Waals surface area contributed by atoms with Gasteiger partial charge in [0.05, 0.1) is 15.7 Å². The molecule has 1 amide bonds. The largest absolute Gasteiger partial charge is 0.506 e. The van der Waals surface area contributed by atoms with Crippen molar-refractivity contribution >= 4 is 35.0 Å². The van der Waals surface area contributed by atoms with Crippen LogP contribution in [-0.4, -0.2) is 16.8 Å². The number of nitrogens with one attached hydrogen (secondary N) is 1. The molecule has 0 fully saturated rings. The number of rotatable bonds is 1. The van der Waals surface area contributed by atoms with Gasteiger partial charge in [-0.25, -0.2) is 4.79 Å². The zero-order chi connectivity index (χ0) is 13.2. The summed E-state index contributed by atoms with van der Waals surface area (Å²) in [5.74, 6) is -0.176. The standard InChI is InChI=1S/C11H13Cl2NO3/c1-11(2,3)17-10(16)14-8-4-6(12)7(13)5-9(8)15/h4-5,15H,1-3H3,(H,14,16). The van der Waals surface area contributed by atoms with Crippen molar-refractivity contribution in [2.75, 3.05) is 5.32 Å². The highest BCUT2D eigenvalue weighted by Gasteiger charge is 2.17. The predicted octanol–water partition coefficient (Wildman–Crippen LogP) is 4.05. The van der Waals surface area contributed by atoms with E-state index in [4.69, 9.17) is 27.9 Å². The Morgan fingerprint density at radius 1 is 1.29 bits per heavy atom. The first-order valence-corrected chi connectivity index (χ1v) is 5.62. The van der Waals surface area contributed by atoms with E-state index in [0.717, 1.165) is 0 Å². The lowest BCUT2D eigenvalue weighted by Crippen LogP contribution is -2.27. The Hall–Kier alpha value is -1.13. The van der Waals surface area contributed by atoms with Crippen LogP contribution in [0.5, 0.6) is 5.75 Å². The Bertz CT molecular complexity index is 441. The van der Waals surface area contributed by atoms with Crippen molar-refractivity contribution in [1.82, 2.24) is 0 Å². The van der Waals surface area contributed by atoms with Gasteiger partial charge in [0.25, 0.3) is 0 Å². The van der Waals surface area contributed by atoms with Crippen LogP contribution in [0.25, 0.3) is 0 Å². The van der Waals surface area contributed by atoms with E-state index in [9.17, 15) is 9.90 Å². The summed E-state index contributed by atoms with van der Waals surface area (Å²) in [6, 6.07) is 2.60. The fourth-order valence-electron chi connectivity index (χ4n) is 1.05. The molecule has 0 atom stereocenters. The van der Waals surface area contributed by atoms with E-state index in [1.54, 1.807) is 20.8 Å². The van der Waals surface area contributed by atoms with Crippen LogP contribution in [-0.2, 0) is 4.74 Å². The highest BCUT2D eigenvalue weighted by Crippen LogP contribution is 2.33. The first-order valence-electron chi connectivity index (χ1n) is 4.87. The van der Waals surface area contributed by atoms with E-state index in [2.05, 4.69) is 5.32 Å². The van der Waals surface area contributed by atoms with E-state index in [-0.39, 0.29) is 21.5 Å². The van der Waals surface area contributed by atoms with Crippen LogP contribution in [0.1, 0.15) is 20.8 Å². The fraction of sp³-hybridized carbons (Fsp3) is 0.364. The first-order chi connectivity index (χ1) is 7.69. The number of ether oxygens (including phenoxy) is 1. The van der Waals surface area contributed by atoms with Gasteiger partial charge in [-0.3, -0.25) is 5.32 Å². The van der Waals surface area contributed by atoms with Crippen LogP contribution in [0.15, 0.2) is 12.1 Å². The first kappa shape index (κ1) is 13.9. The molecule has 0 aliphatic heterocycles. The normalized spacial score (nSPS) is 11.1. The quantitative estimate of drug-likeness (QED) is 0.762. The van der Waals surface area contributed by atoms with Gasteiger partial charge in [0, 0.05) is 6.07 Å². The lowest BCUT2D eigenvalue weighted by Gasteiger charge is -2.20. The van der Waals surface area contributed by atoms with Gasteiger partial charge in [0.2, 0.25) is 0 Å². The zero-order valence-electron chi connectivity index (χ0n) is 9.67. The Kier molecular flexibility index (Phi) is 4.11. The van der Waals surface area contributed by atoms with Gasteiger partial charge >= 0.3 is 6.09 Å². The van der Waals surface area contributed by atoms with Gasteiger partial charge in [-0.2, -0.15) is 0 Å². The Labute approximate surface area is 109 Å². The molecule has 0 aliphatic rings. The molecule has 4 nitrogen and oxygen atoms in total. The maximum absolute atomic E-state index is 11.5. The summed E-state index contributed by atoms with van der Waals surface area (Å²) in [7, 11) is 0. The lowest BCUT2D eigenvalue weighted by molar-refractivity contribution is 0.0635. The minimum atomic E-state index is -0.675. The number of halogens is 2. The number of hydrogen-bond donors (Lipinski definition) is 2. The summed E-state index contributed by atoms with van der Waals surface area (Å²) in [6.45, 7) is 5.21. The summed E-state index contributed by atoms with van der Waals surface area (Å²) >= 11 is 11.5. The second-order valence-electron chi connectivity index (χ2n) is 4.41. The van der Waals surface area contributed by atoms with Crippen molar-refractivity contribution in [3.8, 4) is 5.75 Å². The maximum atomic E-state index is 11.5. The molecule has 0 saturated carbocycles. The fourth-order valence-corrected chi connectivity index (χ4v) is 1.37. The van der Waals surface area contributed by atoms with E-state index in [1.165, 1.54) is 12.1 Å². The van der Waals surface area contributed by atoms with E-state index in [0.29, 0.717) is 0 Å². The molecule has 1 aromatic rings. The Balaban J connectivity index is 2.82.